The minimum atomic E-state index is -3.90. The van der Waals surface area contributed by atoms with E-state index in [1.54, 1.807) is 31.2 Å². The Bertz CT molecular complexity index is 809. The maximum atomic E-state index is 12.4. The molecular formula is C15H17NO6S. The van der Waals surface area contributed by atoms with Crippen molar-refractivity contribution < 1.29 is 27.8 Å². The van der Waals surface area contributed by atoms with E-state index in [1.807, 2.05) is 0 Å². The summed E-state index contributed by atoms with van der Waals surface area (Å²) in [5.74, 6) is -1.64. The van der Waals surface area contributed by atoms with Crippen molar-refractivity contribution in [1.29, 1.82) is 0 Å². The van der Waals surface area contributed by atoms with Gasteiger partial charge in [-0.25, -0.2) is 17.9 Å². The van der Waals surface area contributed by atoms with E-state index in [-0.39, 0.29) is 30.2 Å². The summed E-state index contributed by atoms with van der Waals surface area (Å²) >= 11 is 0. The summed E-state index contributed by atoms with van der Waals surface area (Å²) in [5.41, 5.74) is 1.35. The first kappa shape index (κ1) is 17.2. The van der Waals surface area contributed by atoms with Gasteiger partial charge in [0.05, 0.1) is 6.61 Å². The normalized spacial score (nSPS) is 11.6. The number of benzene rings is 1. The molecule has 7 nitrogen and oxygen atoms in total. The summed E-state index contributed by atoms with van der Waals surface area (Å²) in [5, 5.41) is 18.0. The lowest BCUT2D eigenvalue weighted by molar-refractivity contribution is 0.0660. The van der Waals surface area contributed by atoms with Gasteiger partial charge >= 0.3 is 5.97 Å². The maximum absolute atomic E-state index is 12.4. The van der Waals surface area contributed by atoms with Crippen LogP contribution >= 0.6 is 0 Å². The summed E-state index contributed by atoms with van der Waals surface area (Å²) in [6.07, 6.45) is 0.253. The number of aryl methyl sites for hydroxylation is 1. The number of carbonyl (C=O) groups is 1. The zero-order chi connectivity index (χ0) is 17.0. The van der Waals surface area contributed by atoms with E-state index in [2.05, 4.69) is 4.72 Å². The molecule has 1 aromatic heterocycles. The molecule has 0 fully saturated rings. The van der Waals surface area contributed by atoms with E-state index in [9.17, 15) is 13.2 Å². The summed E-state index contributed by atoms with van der Waals surface area (Å²) in [4.78, 5) is 10.8. The minimum absolute atomic E-state index is 0.0207. The average Bonchev–Trinajstić information content (AvgIpc) is 2.99. The third-order valence-electron chi connectivity index (χ3n) is 3.23. The fourth-order valence-electron chi connectivity index (χ4n) is 2.09. The van der Waals surface area contributed by atoms with Crippen molar-refractivity contribution in [3.05, 3.63) is 53.0 Å². The van der Waals surface area contributed by atoms with E-state index in [1.165, 1.54) is 0 Å². The molecule has 0 saturated carbocycles. The van der Waals surface area contributed by atoms with Crippen LogP contribution in [0.2, 0.25) is 0 Å². The second kappa shape index (κ2) is 6.95. The van der Waals surface area contributed by atoms with E-state index >= 15 is 0 Å². The van der Waals surface area contributed by atoms with Crippen LogP contribution in [0.5, 0.6) is 0 Å². The number of nitrogens with one attached hydrogen (secondary N) is 1. The van der Waals surface area contributed by atoms with Gasteiger partial charge in [0.1, 0.15) is 10.7 Å². The van der Waals surface area contributed by atoms with Crippen molar-refractivity contribution in [2.45, 2.75) is 31.4 Å². The fraction of sp³-hybridized carbons (Fsp3) is 0.267. The first-order chi connectivity index (χ1) is 10.9. The smallest absolute Gasteiger partial charge is 0.371 e. The second-order valence-electron chi connectivity index (χ2n) is 4.86. The van der Waals surface area contributed by atoms with Crippen molar-refractivity contribution in [1.82, 2.24) is 4.72 Å². The molecule has 1 heterocycles. The van der Waals surface area contributed by atoms with E-state index < -0.39 is 21.8 Å². The summed E-state index contributed by atoms with van der Waals surface area (Å²) in [6, 6.07) is 7.85. The average molecular weight is 339 g/mol. The Morgan fingerprint density at radius 3 is 2.57 bits per heavy atom. The monoisotopic (exact) mass is 339 g/mol. The van der Waals surface area contributed by atoms with Gasteiger partial charge < -0.3 is 14.6 Å². The molecule has 0 atom stereocenters. The van der Waals surface area contributed by atoms with Crippen LogP contribution in [0.4, 0.5) is 0 Å². The maximum Gasteiger partial charge on any atom is 0.371 e. The molecule has 3 N–H and O–H groups in total. The van der Waals surface area contributed by atoms with Crippen LogP contribution < -0.4 is 4.72 Å². The molecule has 2 rings (SSSR count). The molecule has 8 heteroatoms. The Morgan fingerprint density at radius 1 is 1.26 bits per heavy atom. The number of hydrogen-bond donors (Lipinski definition) is 3. The van der Waals surface area contributed by atoms with Crippen molar-refractivity contribution in [2.75, 3.05) is 0 Å². The van der Waals surface area contributed by atoms with E-state index in [4.69, 9.17) is 14.6 Å². The third-order valence-corrected chi connectivity index (χ3v) is 4.68. The molecule has 0 aliphatic heterocycles. The first-order valence-corrected chi connectivity index (χ1v) is 8.40. The Morgan fingerprint density at radius 2 is 1.96 bits per heavy atom. The van der Waals surface area contributed by atoms with Gasteiger partial charge in [0.25, 0.3) is 0 Å². The van der Waals surface area contributed by atoms with Gasteiger partial charge in [-0.15, -0.1) is 0 Å². The van der Waals surface area contributed by atoms with Crippen molar-refractivity contribution >= 4 is 16.0 Å². The Balaban J connectivity index is 2.23. The topological polar surface area (TPSA) is 117 Å². The minimum Gasteiger partial charge on any atom is -0.475 e. The van der Waals surface area contributed by atoms with Gasteiger partial charge in [0, 0.05) is 19.0 Å². The van der Waals surface area contributed by atoms with Gasteiger partial charge in [0.15, 0.2) is 0 Å². The quantitative estimate of drug-likeness (QED) is 0.704. The highest BCUT2D eigenvalue weighted by Crippen LogP contribution is 2.22. The van der Waals surface area contributed by atoms with Crippen LogP contribution in [0.25, 0.3) is 0 Å². The molecule has 0 spiro atoms. The number of carboxylic acid groups (broad SMARTS) is 1. The molecule has 2 aromatic rings. The summed E-state index contributed by atoms with van der Waals surface area (Å²) in [7, 11) is -3.90. The van der Waals surface area contributed by atoms with Gasteiger partial charge in [-0.3, -0.25) is 0 Å². The molecule has 0 bridgehead atoms. The molecule has 124 valence electrons. The van der Waals surface area contributed by atoms with Crippen LogP contribution in [0.15, 0.2) is 39.6 Å². The van der Waals surface area contributed by atoms with Crippen LogP contribution in [0.3, 0.4) is 0 Å². The van der Waals surface area contributed by atoms with Crippen LogP contribution in [0, 0.1) is 0 Å². The summed E-state index contributed by atoms with van der Waals surface area (Å²) < 4.78 is 32.2. The van der Waals surface area contributed by atoms with Gasteiger partial charge in [-0.05, 0) is 11.1 Å². The summed E-state index contributed by atoms with van der Waals surface area (Å²) in [6.45, 7) is 1.56. The Labute approximate surface area is 133 Å². The van der Waals surface area contributed by atoms with Crippen molar-refractivity contribution in [3.8, 4) is 0 Å². The van der Waals surface area contributed by atoms with Crippen molar-refractivity contribution in [3.63, 3.8) is 0 Å². The molecule has 1 aromatic carbocycles. The fourth-order valence-corrected chi connectivity index (χ4v) is 3.35. The highest BCUT2D eigenvalue weighted by molar-refractivity contribution is 7.89. The number of aromatic carboxylic acids is 1. The molecule has 0 radical (unpaired) electrons. The zero-order valence-corrected chi connectivity index (χ0v) is 13.3. The lowest BCUT2D eigenvalue weighted by atomic mass is 10.1. The predicted octanol–water partition coefficient (Wildman–Crippen LogP) is 1.51. The SMILES string of the molecule is CCc1oc(C(=O)O)cc1S(=O)(=O)NCc1cccc(CO)c1. The Kier molecular flexibility index (Phi) is 5.19. The molecule has 23 heavy (non-hydrogen) atoms. The molecule has 0 aliphatic rings. The predicted molar refractivity (Wildman–Crippen MR) is 81.4 cm³/mol. The van der Waals surface area contributed by atoms with E-state index in [0.29, 0.717) is 11.1 Å². The lowest BCUT2D eigenvalue weighted by Gasteiger charge is -2.07. The number of sulfonamides is 1. The van der Waals surface area contributed by atoms with Gasteiger partial charge in [-0.2, -0.15) is 0 Å². The largest absolute Gasteiger partial charge is 0.475 e. The number of carboxylic acids is 1. The molecule has 0 saturated heterocycles. The number of rotatable bonds is 7. The second-order valence-corrected chi connectivity index (χ2v) is 6.59. The highest BCUT2D eigenvalue weighted by Gasteiger charge is 2.24. The molecular weight excluding hydrogens is 322 g/mol. The van der Waals surface area contributed by atoms with Crippen LogP contribution in [-0.4, -0.2) is 24.6 Å². The lowest BCUT2D eigenvalue weighted by Crippen LogP contribution is -2.23. The Hall–Kier alpha value is -2.16. The van der Waals surface area contributed by atoms with Gasteiger partial charge in [0.2, 0.25) is 15.8 Å². The highest BCUT2D eigenvalue weighted by atomic mass is 32.2. The number of aliphatic hydroxyl groups is 1. The standard InChI is InChI=1S/C15H17NO6S/c1-2-12-14(7-13(22-12)15(18)19)23(20,21)16-8-10-4-3-5-11(6-10)9-17/h3-7,16-17H,2,8-9H2,1H3,(H,18,19). The van der Waals surface area contributed by atoms with Gasteiger partial charge in [-0.1, -0.05) is 31.2 Å². The van der Waals surface area contributed by atoms with Crippen LogP contribution in [-0.2, 0) is 29.6 Å². The van der Waals surface area contributed by atoms with Crippen molar-refractivity contribution in [2.24, 2.45) is 0 Å². The van der Waals surface area contributed by atoms with E-state index in [0.717, 1.165) is 6.07 Å². The number of aliphatic hydroxyl groups excluding tert-OH is 1. The number of furan rings is 1. The third kappa shape index (κ3) is 3.98. The molecule has 0 aliphatic carbocycles. The first-order valence-electron chi connectivity index (χ1n) is 6.91. The molecule has 0 amide bonds. The van der Waals surface area contributed by atoms with Crippen LogP contribution in [0.1, 0.15) is 34.4 Å². The number of hydrogen-bond acceptors (Lipinski definition) is 5. The zero-order valence-electron chi connectivity index (χ0n) is 12.4. The molecule has 0 unspecified atom stereocenters.